The number of methoxy groups -OCH3 is 3. The Labute approximate surface area is 629 Å². The molecule has 6 N–H and O–H groups in total. The van der Waals surface area contributed by atoms with Gasteiger partial charge in [-0.3, -0.25) is 43.3 Å². The Balaban J connectivity index is 0.570. The Kier molecular flexibility index (Phi) is 22.1. The van der Waals surface area contributed by atoms with Gasteiger partial charge >= 0.3 is 6.09 Å². The van der Waals surface area contributed by atoms with Gasteiger partial charge in [0.05, 0.1) is 100 Å². The van der Waals surface area contributed by atoms with E-state index in [0.717, 1.165) is 57.0 Å². The normalized spacial score (nSPS) is 17.4. The van der Waals surface area contributed by atoms with Gasteiger partial charge < -0.3 is 74.8 Å². The van der Waals surface area contributed by atoms with Gasteiger partial charge in [-0.05, 0) is 116 Å². The van der Waals surface area contributed by atoms with Crippen LogP contribution in [0.25, 0.3) is 28.1 Å². The van der Waals surface area contributed by atoms with Gasteiger partial charge in [0.2, 0.25) is 35.4 Å². The maximum atomic E-state index is 14.5. The Morgan fingerprint density at radius 2 is 1.36 bits per heavy atom. The first-order valence-electron chi connectivity index (χ1n) is 36.4. The number of carbonyl (C=O) groups excluding carboxylic acids is 9. The summed E-state index contributed by atoms with van der Waals surface area (Å²) in [6.07, 6.45) is 3.92. The number of anilines is 3. The number of nitrogens with one attached hydrogen (secondary N) is 5. The number of para-hydroxylation sites is 1. The van der Waals surface area contributed by atoms with E-state index >= 15 is 0 Å². The highest BCUT2D eigenvalue weighted by atomic mass is 16.6. The minimum absolute atomic E-state index is 0.0297. The molecule has 1 spiro atoms. The van der Waals surface area contributed by atoms with Crippen LogP contribution >= 0.6 is 0 Å². The standard InChI is InChI=1S/C80H87N13O16/c1-45(2)71(86-69(96)40-83-68(95)39-82-67(94)26-27-70(97)90-41-50-14-9-10-15-55(50)72-73(93(46(3)4)88-87-72)56-16-11-12-17-60(56)90)75(99)84-47(5)74(98)85-52-22-18-48(19-23-52)43-109-79(103)92-61-36-66(64(106-8)34-58(61)77(101)91-44-80(28-29-80)37-62(91)78(92)102)108-31-13-30-107-65-35-59-57(33-63(65)105-7)76(100)89-42-51(32-53(89)38-81-59)49-20-24-54(104-6)25-21-49/h9-12,14-25,33-36,38,42,45-47,53,62,71,78,102H,13,26-32,37,39-41,43-44H2,1-8H3,(H,82,94)(H,83,95)(H,84,99)(H,85,98)(H,86,96)/t47-,53-,62-,71-,78?/m0/s1. The highest BCUT2D eigenvalue weighted by molar-refractivity contribution is 6.08. The molecule has 5 aliphatic heterocycles. The predicted octanol–water partition coefficient (Wildman–Crippen LogP) is 8.65. The average Bonchev–Trinajstić information content (AvgIpc) is 1.58. The molecule has 1 saturated heterocycles. The summed E-state index contributed by atoms with van der Waals surface area (Å²) in [5.74, 6) is -2.79. The van der Waals surface area contributed by atoms with Gasteiger partial charge in [-0.25, -0.2) is 14.4 Å². The van der Waals surface area contributed by atoms with Crippen LogP contribution in [0.5, 0.6) is 28.7 Å². The van der Waals surface area contributed by atoms with E-state index in [1.807, 2.05) is 97.5 Å². The second-order valence-electron chi connectivity index (χ2n) is 28.5. The molecule has 7 aromatic rings. The molecule has 13 rings (SSSR count). The molecule has 6 aromatic carbocycles. The van der Waals surface area contributed by atoms with E-state index in [2.05, 4.69) is 36.9 Å². The zero-order valence-electron chi connectivity index (χ0n) is 61.8. The minimum atomic E-state index is -1.51. The van der Waals surface area contributed by atoms with Crippen LogP contribution in [0.4, 0.5) is 27.5 Å². The molecular weight excluding hydrogens is 1400 g/mol. The lowest BCUT2D eigenvalue weighted by Gasteiger charge is -2.31. The molecule has 1 unspecified atom stereocenters. The Morgan fingerprint density at radius 3 is 2.06 bits per heavy atom. The molecule has 2 fully saturated rings. The first-order valence-corrected chi connectivity index (χ1v) is 36.4. The number of benzene rings is 6. The molecule has 9 amide bonds. The van der Waals surface area contributed by atoms with Gasteiger partial charge in [0.25, 0.3) is 11.8 Å². The third-order valence-electron chi connectivity index (χ3n) is 20.4. The lowest BCUT2D eigenvalue weighted by molar-refractivity contribution is -0.132. The third-order valence-corrected chi connectivity index (χ3v) is 20.4. The number of fused-ring (bicyclic) bond motifs is 9. The number of hydrogen-bond acceptors (Lipinski definition) is 19. The lowest BCUT2D eigenvalue weighted by atomic mass is 9.95. The van der Waals surface area contributed by atoms with Gasteiger partial charge in [0.15, 0.2) is 29.2 Å². The fraction of sp³-hybridized carbons (Fsp3) is 0.375. The van der Waals surface area contributed by atoms with Crippen molar-refractivity contribution in [2.24, 2.45) is 16.3 Å². The van der Waals surface area contributed by atoms with Crippen molar-refractivity contribution < 1.29 is 76.7 Å². The Hall–Kier alpha value is -12.1. The van der Waals surface area contributed by atoms with Crippen molar-refractivity contribution in [2.75, 3.05) is 69.3 Å². The number of aliphatic hydroxyl groups excluding tert-OH is 1. The van der Waals surface area contributed by atoms with Crippen LogP contribution < -0.4 is 60.1 Å². The van der Waals surface area contributed by atoms with Crippen LogP contribution in [0.2, 0.25) is 0 Å². The van der Waals surface area contributed by atoms with Crippen molar-refractivity contribution in [2.45, 2.75) is 129 Å². The van der Waals surface area contributed by atoms with Crippen molar-refractivity contribution in [1.82, 2.24) is 46.1 Å². The summed E-state index contributed by atoms with van der Waals surface area (Å²) < 4.78 is 37.0. The third kappa shape index (κ3) is 16.1. The first kappa shape index (κ1) is 75.1. The molecule has 6 heterocycles. The summed E-state index contributed by atoms with van der Waals surface area (Å²) in [5, 5.41) is 34.2. The van der Waals surface area contributed by atoms with E-state index in [-0.39, 0.29) is 97.2 Å². The van der Waals surface area contributed by atoms with Gasteiger partial charge in [-0.2, -0.15) is 0 Å². The van der Waals surface area contributed by atoms with E-state index in [9.17, 15) is 48.3 Å². The molecule has 0 bridgehead atoms. The summed E-state index contributed by atoms with van der Waals surface area (Å²) in [7, 11) is 4.53. The molecule has 568 valence electrons. The molecule has 1 saturated carbocycles. The predicted molar refractivity (Wildman–Crippen MR) is 402 cm³/mol. The summed E-state index contributed by atoms with van der Waals surface area (Å²) in [6, 6.07) is 32.2. The van der Waals surface area contributed by atoms with Crippen LogP contribution in [-0.4, -0.2) is 174 Å². The zero-order valence-corrected chi connectivity index (χ0v) is 61.8. The van der Waals surface area contributed by atoms with Crippen molar-refractivity contribution >= 4 is 87.9 Å². The molecule has 1 aliphatic carbocycles. The van der Waals surface area contributed by atoms with E-state index in [1.54, 1.807) is 78.3 Å². The summed E-state index contributed by atoms with van der Waals surface area (Å²) in [4.78, 5) is 134. The van der Waals surface area contributed by atoms with Crippen molar-refractivity contribution in [3.05, 3.63) is 155 Å². The van der Waals surface area contributed by atoms with Crippen LogP contribution in [0.3, 0.4) is 0 Å². The fourth-order valence-electron chi connectivity index (χ4n) is 14.3. The van der Waals surface area contributed by atoms with Gasteiger partial charge in [0.1, 0.15) is 30.1 Å². The first-order chi connectivity index (χ1) is 52.5. The van der Waals surface area contributed by atoms with Crippen molar-refractivity contribution in [3.8, 4) is 51.3 Å². The summed E-state index contributed by atoms with van der Waals surface area (Å²) in [6.45, 7) is 8.40. The fourth-order valence-corrected chi connectivity index (χ4v) is 14.3. The number of aliphatic hydroxyl groups is 1. The maximum Gasteiger partial charge on any atom is 0.416 e. The molecule has 6 aliphatic rings. The number of aliphatic imine (C=N–C) groups is 1. The van der Waals surface area contributed by atoms with Gasteiger partial charge in [-0.15, -0.1) is 5.10 Å². The Bertz CT molecular complexity index is 4760. The molecule has 0 radical (unpaired) electrons. The lowest BCUT2D eigenvalue weighted by Crippen LogP contribution is -2.55. The van der Waals surface area contributed by atoms with Crippen LogP contribution in [-0.2, 0) is 46.7 Å². The maximum absolute atomic E-state index is 14.5. The van der Waals surface area contributed by atoms with Crippen molar-refractivity contribution in [1.29, 1.82) is 0 Å². The van der Waals surface area contributed by atoms with E-state index < -0.39 is 79.0 Å². The highest BCUT2D eigenvalue weighted by Crippen LogP contribution is 2.57. The molecular formula is C80H87N13O16. The number of aromatic nitrogens is 3. The summed E-state index contributed by atoms with van der Waals surface area (Å²) >= 11 is 0. The number of ether oxygens (including phenoxy) is 6. The molecule has 1 aromatic heterocycles. The minimum Gasteiger partial charge on any atom is -0.497 e. The van der Waals surface area contributed by atoms with Crippen LogP contribution in [0.1, 0.15) is 123 Å². The van der Waals surface area contributed by atoms with Gasteiger partial charge in [0, 0.05) is 79.6 Å². The van der Waals surface area contributed by atoms with E-state index in [1.165, 1.54) is 33.3 Å². The zero-order chi connectivity index (χ0) is 76.9. The SMILES string of the molecule is COc1ccc(C2=CN3C(=O)c4cc(OC)c(OCCCOc5cc6c(cc5OC)C(=O)N5CC7(CC7)C[C@H]5C(O)N6C(=O)OCc5ccc(NC(=O)[C@H](C)NC(=O)[C@@H](NC(=O)CNC(=O)CNC(=O)CCC(=O)N6Cc7ccccc7-c7nnn(C(C)C)c7-c7ccccc76)C(C)C)cc5)cc4N=C[C@@H]3C2)cc1. The number of hydrogen-bond donors (Lipinski definition) is 6. The highest BCUT2D eigenvalue weighted by Gasteiger charge is 2.58. The quantitative estimate of drug-likeness (QED) is 0.0276. The van der Waals surface area contributed by atoms with Crippen LogP contribution in [0.15, 0.2) is 133 Å². The van der Waals surface area contributed by atoms with E-state index in [4.69, 9.17) is 33.4 Å². The number of amides is 9. The number of carbonyl (C=O) groups is 9. The second kappa shape index (κ2) is 32.1. The molecule has 29 nitrogen and oxygen atoms in total. The second-order valence-corrected chi connectivity index (χ2v) is 28.5. The number of nitrogens with zero attached hydrogens (tertiary/aromatic N) is 8. The largest absolute Gasteiger partial charge is 0.497 e. The van der Waals surface area contributed by atoms with Crippen molar-refractivity contribution in [3.63, 3.8) is 0 Å². The summed E-state index contributed by atoms with van der Waals surface area (Å²) in [5.41, 5.74) is 8.17. The van der Waals surface area contributed by atoms with E-state index in [0.29, 0.717) is 71.2 Å². The topological polar surface area (TPSA) is 345 Å². The molecule has 5 atom stereocenters. The number of rotatable bonds is 26. The van der Waals surface area contributed by atoms with Gasteiger partial charge in [-0.1, -0.05) is 85.8 Å². The smallest absolute Gasteiger partial charge is 0.416 e. The van der Waals surface area contributed by atoms with Crippen LogP contribution in [0, 0.1) is 11.3 Å². The average molecular weight is 1490 g/mol. The Morgan fingerprint density at radius 1 is 0.679 bits per heavy atom. The molecule has 109 heavy (non-hydrogen) atoms. The molecule has 29 heteroatoms. The monoisotopic (exact) mass is 1490 g/mol.